The third-order valence-electron chi connectivity index (χ3n) is 5.94. The molecule has 1 fully saturated rings. The van der Waals surface area contributed by atoms with Gasteiger partial charge in [-0.15, -0.1) is 0 Å². The average Bonchev–Trinajstić information content (AvgIpc) is 3.16. The molecular weight excluding hydrogens is 443 g/mol. The highest BCUT2D eigenvalue weighted by molar-refractivity contribution is 5.80. The smallest absolute Gasteiger partial charge is 0.276 e. The van der Waals surface area contributed by atoms with Crippen LogP contribution >= 0.6 is 0 Å². The molecule has 0 radical (unpaired) electrons. The van der Waals surface area contributed by atoms with Crippen LogP contribution in [0.4, 0.5) is 4.39 Å². The number of halogens is 1. The van der Waals surface area contributed by atoms with Crippen molar-refractivity contribution >= 4 is 10.9 Å². The van der Waals surface area contributed by atoms with Crippen LogP contribution in [0.2, 0.25) is 0 Å². The van der Waals surface area contributed by atoms with Gasteiger partial charge in [0, 0.05) is 45.5 Å². The number of benzene rings is 1. The summed E-state index contributed by atoms with van der Waals surface area (Å²) in [5.74, 6) is 0.0889. The van der Waals surface area contributed by atoms with Gasteiger partial charge in [-0.2, -0.15) is 0 Å². The molecule has 1 N–H and O–H groups in total. The first-order chi connectivity index (χ1) is 16.6. The zero-order valence-corrected chi connectivity index (χ0v) is 19.4. The first-order valence-electron chi connectivity index (χ1n) is 11.7. The minimum absolute atomic E-state index is 0.00338. The van der Waals surface area contributed by atoms with Crippen molar-refractivity contribution in [2.45, 2.75) is 33.0 Å². The van der Waals surface area contributed by atoms with E-state index in [4.69, 9.17) is 14.2 Å². The largest absolute Gasteiger partial charge is 0.487 e. The van der Waals surface area contributed by atoms with Crippen molar-refractivity contribution in [2.75, 3.05) is 46.1 Å². The van der Waals surface area contributed by atoms with Gasteiger partial charge in [0.15, 0.2) is 0 Å². The van der Waals surface area contributed by atoms with Crippen molar-refractivity contribution < 1.29 is 18.6 Å². The van der Waals surface area contributed by atoms with Crippen molar-refractivity contribution in [3.8, 4) is 5.75 Å². The molecule has 3 aromatic rings. The molecule has 4 rings (SSSR count). The van der Waals surface area contributed by atoms with E-state index in [0.29, 0.717) is 74.8 Å². The van der Waals surface area contributed by atoms with Crippen molar-refractivity contribution in [1.29, 1.82) is 0 Å². The normalized spacial score (nSPS) is 14.6. The number of morpholine rings is 1. The molecule has 3 heterocycles. The summed E-state index contributed by atoms with van der Waals surface area (Å²) in [6, 6.07) is 7.11. The zero-order chi connectivity index (χ0) is 23.9. The van der Waals surface area contributed by atoms with E-state index in [1.54, 1.807) is 9.25 Å². The molecular formula is C24H31FN4O5. The number of aromatic amines is 1. The lowest BCUT2D eigenvalue weighted by Gasteiger charge is -2.26. The molecule has 1 aliphatic rings. The van der Waals surface area contributed by atoms with Gasteiger partial charge in [-0.1, -0.05) is 0 Å². The first kappa shape index (κ1) is 24.2. The number of hydrogen-bond donors (Lipinski definition) is 1. The summed E-state index contributed by atoms with van der Waals surface area (Å²) in [6.45, 7) is 7.64. The maximum atomic E-state index is 13.4. The van der Waals surface area contributed by atoms with Crippen LogP contribution in [0.5, 0.6) is 5.75 Å². The molecule has 0 spiro atoms. The van der Waals surface area contributed by atoms with Gasteiger partial charge in [-0.3, -0.25) is 24.3 Å². The fourth-order valence-electron chi connectivity index (χ4n) is 4.13. The van der Waals surface area contributed by atoms with Crippen LogP contribution in [-0.4, -0.2) is 65.3 Å². The Balaban J connectivity index is 1.64. The van der Waals surface area contributed by atoms with Crippen LogP contribution in [-0.2, 0) is 29.2 Å². The Kier molecular flexibility index (Phi) is 8.15. The predicted molar refractivity (Wildman–Crippen MR) is 126 cm³/mol. The molecule has 9 nitrogen and oxygen atoms in total. The summed E-state index contributed by atoms with van der Waals surface area (Å²) in [7, 11) is 0. The number of rotatable bonds is 11. The summed E-state index contributed by atoms with van der Waals surface area (Å²) < 4.78 is 33.0. The number of nitrogens with zero attached hydrogens (tertiary/aromatic N) is 3. The molecule has 10 heteroatoms. The van der Waals surface area contributed by atoms with Gasteiger partial charge in [0.2, 0.25) is 0 Å². The monoisotopic (exact) mass is 474 g/mol. The maximum Gasteiger partial charge on any atom is 0.276 e. The molecule has 0 aliphatic carbocycles. The lowest BCUT2D eigenvalue weighted by atomic mass is 10.2. The van der Waals surface area contributed by atoms with Crippen molar-refractivity contribution in [2.24, 2.45) is 0 Å². The molecule has 1 saturated heterocycles. The summed E-state index contributed by atoms with van der Waals surface area (Å²) in [6.07, 6.45) is 0.623. The van der Waals surface area contributed by atoms with Crippen molar-refractivity contribution in [3.63, 3.8) is 0 Å². The molecule has 0 unspecified atom stereocenters. The van der Waals surface area contributed by atoms with Crippen LogP contribution in [0.1, 0.15) is 19.0 Å². The van der Waals surface area contributed by atoms with E-state index >= 15 is 0 Å². The lowest BCUT2D eigenvalue weighted by molar-refractivity contribution is 0.0359. The second kappa shape index (κ2) is 11.5. The summed E-state index contributed by atoms with van der Waals surface area (Å²) in [4.78, 5) is 28.6. The molecule has 0 saturated carbocycles. The summed E-state index contributed by atoms with van der Waals surface area (Å²) >= 11 is 0. The third kappa shape index (κ3) is 5.75. The molecule has 0 amide bonds. The van der Waals surface area contributed by atoms with Gasteiger partial charge in [-0.05, 0) is 37.6 Å². The van der Waals surface area contributed by atoms with Crippen molar-refractivity contribution in [1.82, 2.24) is 19.2 Å². The Bertz CT molecular complexity index is 1200. The Labute approximate surface area is 196 Å². The van der Waals surface area contributed by atoms with E-state index in [1.807, 2.05) is 6.92 Å². The topological polar surface area (TPSA) is 90.7 Å². The van der Waals surface area contributed by atoms with Gasteiger partial charge in [-0.25, -0.2) is 4.39 Å². The maximum absolute atomic E-state index is 13.4. The highest BCUT2D eigenvalue weighted by Gasteiger charge is 2.19. The molecule has 0 bridgehead atoms. The second-order valence-corrected chi connectivity index (χ2v) is 8.19. The Morgan fingerprint density at radius 2 is 1.85 bits per heavy atom. The van der Waals surface area contributed by atoms with Gasteiger partial charge in [0.05, 0.1) is 36.4 Å². The first-order valence-corrected chi connectivity index (χ1v) is 11.7. The van der Waals surface area contributed by atoms with Gasteiger partial charge in [0.25, 0.3) is 11.1 Å². The van der Waals surface area contributed by atoms with E-state index in [2.05, 4.69) is 10.00 Å². The predicted octanol–water partition coefficient (Wildman–Crippen LogP) is 1.97. The van der Waals surface area contributed by atoms with Crippen LogP contribution in [0.3, 0.4) is 0 Å². The summed E-state index contributed by atoms with van der Waals surface area (Å²) in [5, 5.41) is 3.53. The van der Waals surface area contributed by atoms with E-state index < -0.39 is 0 Å². The number of pyridine rings is 1. The fourth-order valence-corrected chi connectivity index (χ4v) is 4.13. The molecule has 0 atom stereocenters. The number of nitrogens with one attached hydrogen (secondary N) is 1. The third-order valence-corrected chi connectivity index (χ3v) is 5.94. The van der Waals surface area contributed by atoms with Crippen LogP contribution in [0.25, 0.3) is 10.9 Å². The number of H-pyrrole nitrogens is 1. The second-order valence-electron chi connectivity index (χ2n) is 8.19. The molecule has 34 heavy (non-hydrogen) atoms. The molecule has 184 valence electrons. The SMILES string of the molecule is CCOCCCn1c(COc2ccc(F)cc2)c2c(=O)n(CCN3CCOCC3)[nH]c2cc1=O. The van der Waals surface area contributed by atoms with E-state index in [9.17, 15) is 14.0 Å². The molecule has 2 aromatic heterocycles. The lowest BCUT2D eigenvalue weighted by Crippen LogP contribution is -2.39. The zero-order valence-electron chi connectivity index (χ0n) is 19.4. The quantitative estimate of drug-likeness (QED) is 0.428. The van der Waals surface area contributed by atoms with Crippen LogP contribution in [0, 0.1) is 5.82 Å². The number of fused-ring (bicyclic) bond motifs is 1. The standard InChI is InChI=1S/C24H31FN4O5/c1-2-32-13-3-8-28-21(17-34-19-6-4-18(25)5-7-19)23-20(16-22(28)30)26-29(24(23)31)10-9-27-11-14-33-15-12-27/h4-7,16,26H,2-3,8-15,17H2,1H3. The van der Waals surface area contributed by atoms with Crippen LogP contribution in [0.15, 0.2) is 39.9 Å². The Morgan fingerprint density at radius 3 is 2.59 bits per heavy atom. The highest BCUT2D eigenvalue weighted by Crippen LogP contribution is 2.17. The van der Waals surface area contributed by atoms with E-state index in [0.717, 1.165) is 13.1 Å². The minimum atomic E-state index is -0.365. The molecule has 1 aliphatic heterocycles. The number of aromatic nitrogens is 3. The number of hydrogen-bond acceptors (Lipinski definition) is 6. The average molecular weight is 475 g/mol. The molecule has 1 aromatic carbocycles. The van der Waals surface area contributed by atoms with Crippen LogP contribution < -0.4 is 15.9 Å². The Hall–Kier alpha value is -2.95. The number of ether oxygens (including phenoxy) is 3. The van der Waals surface area contributed by atoms with Gasteiger partial charge in [0.1, 0.15) is 18.2 Å². The highest BCUT2D eigenvalue weighted by atomic mass is 19.1. The fraction of sp³-hybridized carbons (Fsp3) is 0.500. The minimum Gasteiger partial charge on any atom is -0.487 e. The van der Waals surface area contributed by atoms with E-state index in [-0.39, 0.29) is 23.5 Å². The van der Waals surface area contributed by atoms with E-state index in [1.165, 1.54) is 30.3 Å². The van der Waals surface area contributed by atoms with Crippen molar-refractivity contribution in [3.05, 3.63) is 62.6 Å². The van der Waals surface area contributed by atoms with Gasteiger partial charge < -0.3 is 18.8 Å². The van der Waals surface area contributed by atoms with Gasteiger partial charge >= 0.3 is 0 Å². The Morgan fingerprint density at radius 1 is 1.09 bits per heavy atom. The summed E-state index contributed by atoms with van der Waals surface area (Å²) in [5.41, 5.74) is 0.563.